The molecule has 0 atom stereocenters. The van der Waals surface area contributed by atoms with Gasteiger partial charge in [0.25, 0.3) is 0 Å². The van der Waals surface area contributed by atoms with Crippen LogP contribution >= 0.6 is 0 Å². The van der Waals surface area contributed by atoms with Gasteiger partial charge in [0, 0.05) is 45.5 Å². The largest absolute Gasteiger partial charge is 0.355 e. The van der Waals surface area contributed by atoms with E-state index in [9.17, 15) is 0 Å². The molecule has 6 heteroatoms. The number of nitrogens with zero attached hydrogens (tertiary/aromatic N) is 5. The molecule has 2 aromatic rings. The number of anilines is 2. The van der Waals surface area contributed by atoms with Crippen molar-refractivity contribution in [1.29, 1.82) is 0 Å². The lowest BCUT2D eigenvalue weighted by atomic mass is 10.1. The normalized spacial score (nSPS) is 19.6. The molecule has 0 bridgehead atoms. The van der Waals surface area contributed by atoms with Crippen LogP contribution in [0.4, 0.5) is 11.8 Å². The molecule has 22 heavy (non-hydrogen) atoms. The number of hydrogen-bond donors (Lipinski definition) is 1. The van der Waals surface area contributed by atoms with E-state index in [2.05, 4.69) is 20.1 Å². The van der Waals surface area contributed by atoms with Gasteiger partial charge in [-0.05, 0) is 31.4 Å². The van der Waals surface area contributed by atoms with Gasteiger partial charge in [0.05, 0.1) is 5.52 Å². The summed E-state index contributed by atoms with van der Waals surface area (Å²) in [7, 11) is 0. The van der Waals surface area contributed by atoms with Crippen LogP contribution in [0.2, 0.25) is 0 Å². The van der Waals surface area contributed by atoms with E-state index in [1.807, 2.05) is 18.3 Å². The minimum absolute atomic E-state index is 0.850. The summed E-state index contributed by atoms with van der Waals surface area (Å²) in [5, 5.41) is 3.38. The van der Waals surface area contributed by atoms with Crippen molar-refractivity contribution < 1.29 is 0 Å². The van der Waals surface area contributed by atoms with Gasteiger partial charge in [-0.25, -0.2) is 4.98 Å². The number of piperidine rings is 1. The highest BCUT2D eigenvalue weighted by Gasteiger charge is 2.20. The van der Waals surface area contributed by atoms with Crippen molar-refractivity contribution in [2.24, 2.45) is 0 Å². The molecule has 6 nitrogen and oxygen atoms in total. The van der Waals surface area contributed by atoms with Crippen LogP contribution in [0.15, 0.2) is 18.3 Å². The van der Waals surface area contributed by atoms with Crippen molar-refractivity contribution in [2.45, 2.75) is 19.3 Å². The molecule has 0 unspecified atom stereocenters. The van der Waals surface area contributed by atoms with Gasteiger partial charge < -0.3 is 15.1 Å². The molecule has 4 heterocycles. The molecule has 2 aromatic heterocycles. The van der Waals surface area contributed by atoms with Crippen molar-refractivity contribution >= 4 is 22.8 Å². The Kier molecular flexibility index (Phi) is 3.76. The fourth-order valence-electron chi connectivity index (χ4n) is 3.27. The van der Waals surface area contributed by atoms with Gasteiger partial charge in [0.1, 0.15) is 5.52 Å². The molecule has 0 aromatic carbocycles. The molecule has 2 aliphatic heterocycles. The lowest BCUT2D eigenvalue weighted by Crippen LogP contribution is -2.44. The third-order valence-corrected chi connectivity index (χ3v) is 4.48. The van der Waals surface area contributed by atoms with Crippen LogP contribution in [0.1, 0.15) is 19.3 Å². The van der Waals surface area contributed by atoms with Crippen molar-refractivity contribution in [3.63, 3.8) is 0 Å². The Morgan fingerprint density at radius 1 is 0.909 bits per heavy atom. The van der Waals surface area contributed by atoms with Crippen molar-refractivity contribution in [3.05, 3.63) is 18.3 Å². The van der Waals surface area contributed by atoms with Gasteiger partial charge in [-0.1, -0.05) is 0 Å². The molecular weight excluding hydrogens is 276 g/mol. The Balaban J connectivity index is 1.78. The zero-order valence-electron chi connectivity index (χ0n) is 12.8. The molecule has 116 valence electrons. The number of piperazine rings is 1. The number of fused-ring (bicyclic) bond motifs is 1. The predicted octanol–water partition coefficient (Wildman–Crippen LogP) is 1.42. The molecule has 2 saturated heterocycles. The van der Waals surface area contributed by atoms with E-state index < -0.39 is 0 Å². The van der Waals surface area contributed by atoms with Gasteiger partial charge in [0.2, 0.25) is 5.95 Å². The third-order valence-electron chi connectivity index (χ3n) is 4.48. The van der Waals surface area contributed by atoms with Crippen molar-refractivity contribution in [3.8, 4) is 0 Å². The zero-order valence-corrected chi connectivity index (χ0v) is 12.8. The Bertz CT molecular complexity index is 646. The third kappa shape index (κ3) is 2.59. The summed E-state index contributed by atoms with van der Waals surface area (Å²) in [6.45, 7) is 6.06. The Labute approximate surface area is 130 Å². The Morgan fingerprint density at radius 2 is 1.73 bits per heavy atom. The molecule has 0 saturated carbocycles. The van der Waals surface area contributed by atoms with Crippen LogP contribution in [0.5, 0.6) is 0 Å². The number of aromatic nitrogens is 3. The predicted molar refractivity (Wildman–Crippen MR) is 88.5 cm³/mol. The van der Waals surface area contributed by atoms with Gasteiger partial charge in [-0.15, -0.1) is 0 Å². The van der Waals surface area contributed by atoms with Gasteiger partial charge in [-0.3, -0.25) is 4.98 Å². The van der Waals surface area contributed by atoms with Crippen LogP contribution < -0.4 is 15.1 Å². The summed E-state index contributed by atoms with van der Waals surface area (Å²) >= 11 is 0. The molecule has 0 spiro atoms. The monoisotopic (exact) mass is 298 g/mol. The van der Waals surface area contributed by atoms with Crippen LogP contribution in [0.25, 0.3) is 11.0 Å². The summed E-state index contributed by atoms with van der Waals surface area (Å²) < 4.78 is 0. The Morgan fingerprint density at radius 3 is 2.55 bits per heavy atom. The maximum atomic E-state index is 4.90. The lowest BCUT2D eigenvalue weighted by molar-refractivity contribution is 0.568. The highest BCUT2D eigenvalue weighted by Crippen LogP contribution is 2.27. The molecule has 0 radical (unpaired) electrons. The summed E-state index contributed by atoms with van der Waals surface area (Å²) in [5.74, 6) is 1.86. The average Bonchev–Trinajstić information content (AvgIpc) is 2.62. The number of nitrogens with one attached hydrogen (secondary N) is 1. The molecule has 4 rings (SSSR count). The summed E-state index contributed by atoms with van der Waals surface area (Å²) in [6.07, 6.45) is 5.63. The second kappa shape index (κ2) is 6.04. The van der Waals surface area contributed by atoms with E-state index in [1.54, 1.807) is 0 Å². The molecule has 0 amide bonds. The molecule has 1 N–H and O–H groups in total. The topological polar surface area (TPSA) is 57.2 Å². The first kappa shape index (κ1) is 13.7. The first-order chi connectivity index (χ1) is 10.9. The number of pyridine rings is 1. The minimum Gasteiger partial charge on any atom is -0.355 e. The van der Waals surface area contributed by atoms with E-state index in [1.165, 1.54) is 19.3 Å². The van der Waals surface area contributed by atoms with E-state index in [0.29, 0.717) is 0 Å². The van der Waals surface area contributed by atoms with Crippen LogP contribution in [-0.4, -0.2) is 54.2 Å². The number of hydrogen-bond acceptors (Lipinski definition) is 6. The van der Waals surface area contributed by atoms with Crippen molar-refractivity contribution in [1.82, 2.24) is 20.3 Å². The molecular formula is C16H22N6. The first-order valence-electron chi connectivity index (χ1n) is 8.25. The van der Waals surface area contributed by atoms with E-state index in [-0.39, 0.29) is 0 Å². The summed E-state index contributed by atoms with van der Waals surface area (Å²) in [4.78, 5) is 18.9. The first-order valence-corrected chi connectivity index (χ1v) is 8.25. The number of rotatable bonds is 2. The van der Waals surface area contributed by atoms with Gasteiger partial charge in [-0.2, -0.15) is 4.98 Å². The van der Waals surface area contributed by atoms with Crippen LogP contribution in [0.3, 0.4) is 0 Å². The lowest BCUT2D eigenvalue weighted by Gasteiger charge is -2.31. The quantitative estimate of drug-likeness (QED) is 0.905. The Hall–Kier alpha value is -1.95. The fourth-order valence-corrected chi connectivity index (χ4v) is 3.27. The maximum Gasteiger partial charge on any atom is 0.228 e. The molecule has 0 aliphatic carbocycles. The fraction of sp³-hybridized carbons (Fsp3) is 0.562. The summed E-state index contributed by atoms with van der Waals surface area (Å²) in [5.41, 5.74) is 1.88. The highest BCUT2D eigenvalue weighted by atomic mass is 15.3. The van der Waals surface area contributed by atoms with E-state index in [0.717, 1.165) is 62.1 Å². The molecule has 2 fully saturated rings. The zero-order chi connectivity index (χ0) is 14.8. The summed E-state index contributed by atoms with van der Waals surface area (Å²) in [6, 6.07) is 4.00. The second-order valence-corrected chi connectivity index (χ2v) is 6.00. The maximum absolute atomic E-state index is 4.90. The van der Waals surface area contributed by atoms with Gasteiger partial charge >= 0.3 is 0 Å². The van der Waals surface area contributed by atoms with E-state index in [4.69, 9.17) is 9.97 Å². The highest BCUT2D eigenvalue weighted by molar-refractivity contribution is 5.86. The van der Waals surface area contributed by atoms with E-state index >= 15 is 0 Å². The van der Waals surface area contributed by atoms with Crippen molar-refractivity contribution in [2.75, 3.05) is 49.1 Å². The van der Waals surface area contributed by atoms with Crippen LogP contribution in [-0.2, 0) is 0 Å². The van der Waals surface area contributed by atoms with Gasteiger partial charge in [0.15, 0.2) is 5.82 Å². The SMILES string of the molecule is c1cnc2c(N3CCCCC3)nc(N3CCNCC3)nc2c1. The van der Waals surface area contributed by atoms with Crippen LogP contribution in [0, 0.1) is 0 Å². The second-order valence-electron chi connectivity index (χ2n) is 6.00. The smallest absolute Gasteiger partial charge is 0.228 e. The average molecular weight is 298 g/mol. The standard InChI is InChI=1S/C16H22N6/c1-2-9-21(10-3-1)15-14-13(5-4-6-18-14)19-16(20-15)22-11-7-17-8-12-22/h4-6,17H,1-3,7-12H2. The molecule has 2 aliphatic rings. The minimum atomic E-state index is 0.850.